The molecule has 0 bridgehead atoms. The van der Waals surface area contributed by atoms with E-state index in [4.69, 9.17) is 9.84 Å². The molecule has 2 rings (SSSR count). The first kappa shape index (κ1) is 17.5. The molecule has 0 fully saturated rings. The number of carbonyl (C=O) groups is 2. The SMILES string of the molecule is CC(=O)N[C@@H](Cc1ccc(OCCc2ccccc2)cc1)C(=O)O. The standard InChI is InChI=1S/C19H21NO4/c1-14(21)20-18(19(22)23)13-16-7-9-17(10-8-16)24-12-11-15-5-3-2-4-6-15/h2-10,18H,11-13H2,1H3,(H,20,21)(H,22,23)/t18-/m0/s1. The third kappa shape index (κ3) is 5.76. The van der Waals surface area contributed by atoms with Crippen LogP contribution in [0.25, 0.3) is 0 Å². The van der Waals surface area contributed by atoms with Crippen molar-refractivity contribution in [1.29, 1.82) is 0 Å². The van der Waals surface area contributed by atoms with Crippen LogP contribution in [-0.4, -0.2) is 29.6 Å². The van der Waals surface area contributed by atoms with Gasteiger partial charge in [-0.15, -0.1) is 0 Å². The van der Waals surface area contributed by atoms with E-state index >= 15 is 0 Å². The van der Waals surface area contributed by atoms with Gasteiger partial charge in [0.25, 0.3) is 0 Å². The van der Waals surface area contributed by atoms with Gasteiger partial charge < -0.3 is 15.2 Å². The average molecular weight is 327 g/mol. The van der Waals surface area contributed by atoms with E-state index < -0.39 is 12.0 Å². The van der Waals surface area contributed by atoms with E-state index in [0.717, 1.165) is 17.7 Å². The minimum atomic E-state index is -1.05. The summed E-state index contributed by atoms with van der Waals surface area (Å²) in [6, 6.07) is 16.4. The summed E-state index contributed by atoms with van der Waals surface area (Å²) >= 11 is 0. The summed E-state index contributed by atoms with van der Waals surface area (Å²) in [7, 11) is 0. The van der Waals surface area contributed by atoms with Crippen molar-refractivity contribution in [3.63, 3.8) is 0 Å². The normalized spacial score (nSPS) is 11.5. The maximum atomic E-state index is 11.1. The van der Waals surface area contributed by atoms with Crippen LogP contribution in [0.4, 0.5) is 0 Å². The third-order valence-electron chi connectivity index (χ3n) is 3.54. The van der Waals surface area contributed by atoms with E-state index in [1.807, 2.05) is 42.5 Å². The van der Waals surface area contributed by atoms with Crippen molar-refractivity contribution >= 4 is 11.9 Å². The van der Waals surface area contributed by atoms with Crippen molar-refractivity contribution in [3.05, 3.63) is 65.7 Å². The van der Waals surface area contributed by atoms with Crippen LogP contribution < -0.4 is 10.1 Å². The van der Waals surface area contributed by atoms with Gasteiger partial charge in [0.1, 0.15) is 11.8 Å². The number of benzene rings is 2. The zero-order chi connectivity index (χ0) is 17.4. The largest absolute Gasteiger partial charge is 0.493 e. The Bertz CT molecular complexity index is 668. The van der Waals surface area contributed by atoms with Crippen molar-refractivity contribution in [2.45, 2.75) is 25.8 Å². The van der Waals surface area contributed by atoms with Crippen molar-refractivity contribution in [1.82, 2.24) is 5.32 Å². The lowest BCUT2D eigenvalue weighted by Gasteiger charge is -2.13. The Morgan fingerprint density at radius 3 is 2.29 bits per heavy atom. The summed E-state index contributed by atoms with van der Waals surface area (Å²) in [6.07, 6.45) is 1.06. The van der Waals surface area contributed by atoms with Gasteiger partial charge in [-0.05, 0) is 23.3 Å². The second kappa shape index (κ2) is 8.72. The minimum absolute atomic E-state index is 0.235. The molecule has 0 radical (unpaired) electrons. The summed E-state index contributed by atoms with van der Waals surface area (Å²) in [5, 5.41) is 11.5. The fourth-order valence-corrected chi connectivity index (χ4v) is 2.33. The fourth-order valence-electron chi connectivity index (χ4n) is 2.33. The molecule has 0 heterocycles. The molecule has 0 aromatic heterocycles. The second-order valence-electron chi connectivity index (χ2n) is 5.52. The van der Waals surface area contributed by atoms with Gasteiger partial charge in [-0.3, -0.25) is 4.79 Å². The van der Waals surface area contributed by atoms with Gasteiger partial charge >= 0.3 is 5.97 Å². The highest BCUT2D eigenvalue weighted by molar-refractivity contribution is 5.82. The highest BCUT2D eigenvalue weighted by Crippen LogP contribution is 2.14. The van der Waals surface area contributed by atoms with Gasteiger partial charge in [0.05, 0.1) is 6.61 Å². The predicted molar refractivity (Wildman–Crippen MR) is 91.0 cm³/mol. The van der Waals surface area contributed by atoms with Crippen LogP contribution in [-0.2, 0) is 22.4 Å². The number of hydrogen-bond acceptors (Lipinski definition) is 3. The molecule has 1 amide bonds. The van der Waals surface area contributed by atoms with Gasteiger partial charge in [0.2, 0.25) is 5.91 Å². The number of hydrogen-bond donors (Lipinski definition) is 2. The van der Waals surface area contributed by atoms with Gasteiger partial charge in [-0.25, -0.2) is 4.79 Å². The molecule has 1 atom stereocenters. The van der Waals surface area contributed by atoms with E-state index in [0.29, 0.717) is 6.61 Å². The maximum absolute atomic E-state index is 11.1. The topological polar surface area (TPSA) is 75.6 Å². The fraction of sp³-hybridized carbons (Fsp3) is 0.263. The summed E-state index contributed by atoms with van der Waals surface area (Å²) < 4.78 is 5.70. The Hall–Kier alpha value is -2.82. The summed E-state index contributed by atoms with van der Waals surface area (Å²) in [5.74, 6) is -0.669. The van der Waals surface area contributed by atoms with E-state index in [-0.39, 0.29) is 12.3 Å². The molecule has 5 nitrogen and oxygen atoms in total. The molecule has 0 saturated carbocycles. The lowest BCUT2D eigenvalue weighted by Crippen LogP contribution is -2.41. The number of amides is 1. The molecule has 0 spiro atoms. The van der Waals surface area contributed by atoms with Crippen LogP contribution in [0, 0.1) is 0 Å². The van der Waals surface area contributed by atoms with Gasteiger partial charge in [-0.1, -0.05) is 42.5 Å². The zero-order valence-electron chi connectivity index (χ0n) is 13.6. The van der Waals surface area contributed by atoms with E-state index in [9.17, 15) is 9.59 Å². The number of carbonyl (C=O) groups excluding carboxylic acids is 1. The van der Waals surface area contributed by atoms with Crippen LogP contribution in [0.1, 0.15) is 18.1 Å². The van der Waals surface area contributed by atoms with Crippen molar-refractivity contribution in [2.75, 3.05) is 6.61 Å². The van der Waals surface area contributed by atoms with E-state index in [1.54, 1.807) is 0 Å². The highest BCUT2D eigenvalue weighted by Gasteiger charge is 2.18. The predicted octanol–water partition coefficient (Wildman–Crippen LogP) is 2.44. The van der Waals surface area contributed by atoms with Crippen LogP contribution in [0.15, 0.2) is 54.6 Å². The molecule has 0 saturated heterocycles. The van der Waals surface area contributed by atoms with Gasteiger partial charge in [0, 0.05) is 19.8 Å². The lowest BCUT2D eigenvalue weighted by molar-refractivity contribution is -0.141. The van der Waals surface area contributed by atoms with E-state index in [1.165, 1.54) is 12.5 Å². The lowest BCUT2D eigenvalue weighted by atomic mass is 10.1. The minimum Gasteiger partial charge on any atom is -0.493 e. The number of nitrogens with one attached hydrogen (secondary N) is 1. The number of ether oxygens (including phenoxy) is 1. The summed E-state index contributed by atoms with van der Waals surface area (Å²) in [5.41, 5.74) is 2.04. The van der Waals surface area contributed by atoms with Gasteiger partial charge in [-0.2, -0.15) is 0 Å². The smallest absolute Gasteiger partial charge is 0.326 e. The molecule has 0 aliphatic rings. The van der Waals surface area contributed by atoms with Crippen LogP contribution in [0.3, 0.4) is 0 Å². The first-order chi connectivity index (χ1) is 11.5. The molecule has 24 heavy (non-hydrogen) atoms. The molecule has 126 valence electrons. The van der Waals surface area contributed by atoms with Crippen LogP contribution >= 0.6 is 0 Å². The summed E-state index contributed by atoms with van der Waals surface area (Å²) in [4.78, 5) is 22.2. The second-order valence-corrected chi connectivity index (χ2v) is 5.52. The number of rotatable bonds is 8. The van der Waals surface area contributed by atoms with Crippen LogP contribution in [0.2, 0.25) is 0 Å². The molecular weight excluding hydrogens is 306 g/mol. The van der Waals surface area contributed by atoms with Crippen molar-refractivity contribution in [3.8, 4) is 5.75 Å². The Morgan fingerprint density at radius 1 is 1.04 bits per heavy atom. The molecule has 0 unspecified atom stereocenters. The maximum Gasteiger partial charge on any atom is 0.326 e. The third-order valence-corrected chi connectivity index (χ3v) is 3.54. The molecule has 2 aromatic rings. The highest BCUT2D eigenvalue weighted by atomic mass is 16.5. The molecule has 0 aliphatic carbocycles. The van der Waals surface area contributed by atoms with Gasteiger partial charge in [0.15, 0.2) is 0 Å². The Labute approximate surface area is 141 Å². The number of carboxylic acids is 1. The monoisotopic (exact) mass is 327 g/mol. The number of carboxylic acid groups (broad SMARTS) is 1. The van der Waals surface area contributed by atoms with Crippen LogP contribution in [0.5, 0.6) is 5.75 Å². The Kier molecular flexibility index (Phi) is 6.37. The zero-order valence-corrected chi connectivity index (χ0v) is 13.6. The van der Waals surface area contributed by atoms with Crippen molar-refractivity contribution in [2.24, 2.45) is 0 Å². The first-order valence-electron chi connectivity index (χ1n) is 7.80. The molecular formula is C19H21NO4. The molecule has 2 N–H and O–H groups in total. The molecule has 5 heteroatoms. The quantitative estimate of drug-likeness (QED) is 0.781. The molecule has 0 aliphatic heterocycles. The van der Waals surface area contributed by atoms with Crippen molar-refractivity contribution < 1.29 is 19.4 Å². The summed E-state index contributed by atoms with van der Waals surface area (Å²) in [6.45, 7) is 1.88. The Morgan fingerprint density at radius 2 is 1.71 bits per heavy atom. The Balaban J connectivity index is 1.85. The average Bonchev–Trinajstić information content (AvgIpc) is 2.56. The number of aliphatic carboxylic acids is 1. The van der Waals surface area contributed by atoms with E-state index in [2.05, 4.69) is 17.4 Å². The first-order valence-corrected chi connectivity index (χ1v) is 7.80. The molecule has 2 aromatic carbocycles.